The van der Waals surface area contributed by atoms with Gasteiger partial charge in [0.1, 0.15) is 0 Å². The van der Waals surface area contributed by atoms with Crippen molar-refractivity contribution in [1.29, 1.82) is 0 Å². The Morgan fingerprint density at radius 2 is 2.29 bits per heavy atom. The van der Waals surface area contributed by atoms with Gasteiger partial charge in [0, 0.05) is 31.2 Å². The Morgan fingerprint density at radius 3 is 3.04 bits per heavy atom. The summed E-state index contributed by atoms with van der Waals surface area (Å²) in [6, 6.07) is 0. The third-order valence-corrected chi connectivity index (χ3v) is 5.03. The number of nitrogens with zero attached hydrogens (tertiary/aromatic N) is 4. The maximum absolute atomic E-state index is 12.9. The molecule has 24 heavy (non-hydrogen) atoms. The van der Waals surface area contributed by atoms with Gasteiger partial charge in [0.15, 0.2) is 10.8 Å². The standard InChI is InChI=1S/C16H20N4O3S/c1-4-23-15(22)13-9-24-16(17-13)20(3)14(21)10-6-5-7-12-11(10)8-19(2)18-12/h8-10H,4-7H2,1-3H3/t10-/m1/s1. The number of hydrogen-bond donors (Lipinski definition) is 0. The lowest BCUT2D eigenvalue weighted by atomic mass is 9.86. The van der Waals surface area contributed by atoms with Gasteiger partial charge < -0.3 is 4.74 Å². The summed E-state index contributed by atoms with van der Waals surface area (Å²) in [6.07, 6.45) is 4.59. The molecular weight excluding hydrogens is 328 g/mol. The highest BCUT2D eigenvalue weighted by molar-refractivity contribution is 7.14. The fourth-order valence-electron chi connectivity index (χ4n) is 2.97. The monoisotopic (exact) mass is 348 g/mol. The van der Waals surface area contributed by atoms with E-state index in [1.54, 1.807) is 24.0 Å². The van der Waals surface area contributed by atoms with Gasteiger partial charge in [0.25, 0.3) is 0 Å². The molecule has 2 aromatic heterocycles. The minimum atomic E-state index is -0.465. The van der Waals surface area contributed by atoms with Crippen LogP contribution in [0.4, 0.5) is 5.13 Å². The summed E-state index contributed by atoms with van der Waals surface area (Å²) in [6.45, 7) is 2.04. The molecule has 1 atom stereocenters. The maximum Gasteiger partial charge on any atom is 0.357 e. The summed E-state index contributed by atoms with van der Waals surface area (Å²) < 4.78 is 6.70. The van der Waals surface area contributed by atoms with Gasteiger partial charge in [-0.3, -0.25) is 14.4 Å². The van der Waals surface area contributed by atoms with Crippen molar-refractivity contribution in [2.45, 2.75) is 32.1 Å². The van der Waals surface area contributed by atoms with Crippen LogP contribution in [0.2, 0.25) is 0 Å². The van der Waals surface area contributed by atoms with E-state index in [-0.39, 0.29) is 17.5 Å². The molecule has 3 rings (SSSR count). The zero-order valence-electron chi connectivity index (χ0n) is 14.0. The van der Waals surface area contributed by atoms with Crippen molar-refractivity contribution >= 4 is 28.3 Å². The Bertz CT molecular complexity index is 767. The van der Waals surface area contributed by atoms with Crippen molar-refractivity contribution in [3.63, 3.8) is 0 Å². The van der Waals surface area contributed by atoms with E-state index in [9.17, 15) is 9.59 Å². The molecule has 0 aromatic carbocycles. The van der Waals surface area contributed by atoms with E-state index >= 15 is 0 Å². The van der Waals surface area contributed by atoms with E-state index in [0.717, 1.165) is 30.5 Å². The van der Waals surface area contributed by atoms with Gasteiger partial charge in [-0.1, -0.05) is 0 Å². The number of aromatic nitrogens is 3. The third-order valence-electron chi connectivity index (χ3n) is 4.11. The van der Waals surface area contributed by atoms with Crippen LogP contribution in [0.5, 0.6) is 0 Å². The predicted molar refractivity (Wildman–Crippen MR) is 90.4 cm³/mol. The van der Waals surface area contributed by atoms with E-state index in [1.165, 1.54) is 16.2 Å². The minimum absolute atomic E-state index is 0.0197. The highest BCUT2D eigenvalue weighted by atomic mass is 32.1. The lowest BCUT2D eigenvalue weighted by Crippen LogP contribution is -2.33. The normalized spacial score (nSPS) is 16.5. The van der Waals surface area contributed by atoms with Crippen molar-refractivity contribution in [3.05, 3.63) is 28.5 Å². The molecule has 1 aliphatic carbocycles. The summed E-state index contributed by atoms with van der Waals surface area (Å²) >= 11 is 1.26. The number of aryl methyl sites for hydroxylation is 2. The molecule has 0 radical (unpaired) electrons. The Labute approximate surface area is 144 Å². The van der Waals surface area contributed by atoms with Gasteiger partial charge in [-0.05, 0) is 26.2 Å². The highest BCUT2D eigenvalue weighted by Crippen LogP contribution is 2.33. The van der Waals surface area contributed by atoms with Gasteiger partial charge in [-0.25, -0.2) is 9.78 Å². The van der Waals surface area contributed by atoms with E-state index in [4.69, 9.17) is 4.74 Å². The Balaban J connectivity index is 1.79. The number of ether oxygens (including phenoxy) is 1. The van der Waals surface area contributed by atoms with Gasteiger partial charge >= 0.3 is 5.97 Å². The molecule has 7 nitrogen and oxygen atoms in total. The van der Waals surface area contributed by atoms with Crippen molar-refractivity contribution in [1.82, 2.24) is 14.8 Å². The molecule has 0 spiro atoms. The van der Waals surface area contributed by atoms with Crippen molar-refractivity contribution in [2.75, 3.05) is 18.6 Å². The number of rotatable bonds is 4. The van der Waals surface area contributed by atoms with Crippen molar-refractivity contribution in [2.24, 2.45) is 7.05 Å². The van der Waals surface area contributed by atoms with Crippen LogP contribution in [0.1, 0.15) is 47.4 Å². The summed E-state index contributed by atoms with van der Waals surface area (Å²) in [5.74, 6) is -0.691. The molecule has 0 saturated heterocycles. The molecular formula is C16H20N4O3S. The van der Waals surface area contributed by atoms with E-state index in [0.29, 0.717) is 11.7 Å². The van der Waals surface area contributed by atoms with E-state index in [2.05, 4.69) is 10.1 Å². The Morgan fingerprint density at radius 1 is 1.50 bits per heavy atom. The molecule has 0 unspecified atom stereocenters. The number of carbonyl (C=O) groups excluding carboxylic acids is 2. The van der Waals surface area contributed by atoms with E-state index < -0.39 is 5.97 Å². The fourth-order valence-corrected chi connectivity index (χ4v) is 3.73. The second-order valence-electron chi connectivity index (χ2n) is 5.78. The first-order valence-corrected chi connectivity index (χ1v) is 8.81. The average molecular weight is 348 g/mol. The second-order valence-corrected chi connectivity index (χ2v) is 6.62. The molecule has 1 aliphatic rings. The SMILES string of the molecule is CCOC(=O)c1csc(N(C)C(=O)[C@@H]2CCCc3nn(C)cc32)n1. The van der Waals surface area contributed by atoms with Crippen LogP contribution >= 0.6 is 11.3 Å². The summed E-state index contributed by atoms with van der Waals surface area (Å²) in [5.41, 5.74) is 2.24. The Kier molecular flexibility index (Phi) is 4.66. The molecule has 0 bridgehead atoms. The topological polar surface area (TPSA) is 77.3 Å². The van der Waals surface area contributed by atoms with Gasteiger partial charge in [-0.15, -0.1) is 11.3 Å². The van der Waals surface area contributed by atoms with E-state index in [1.807, 2.05) is 13.2 Å². The fraction of sp³-hybridized carbons (Fsp3) is 0.500. The van der Waals surface area contributed by atoms with Crippen LogP contribution in [0, 0.1) is 0 Å². The number of amides is 1. The lowest BCUT2D eigenvalue weighted by molar-refractivity contribution is -0.120. The van der Waals surface area contributed by atoms with Crippen LogP contribution in [-0.2, 0) is 23.0 Å². The zero-order chi connectivity index (χ0) is 17.3. The number of hydrogen-bond acceptors (Lipinski definition) is 6. The number of carbonyl (C=O) groups is 2. The molecule has 128 valence electrons. The average Bonchev–Trinajstić information content (AvgIpc) is 3.19. The molecule has 8 heteroatoms. The minimum Gasteiger partial charge on any atom is -0.461 e. The second kappa shape index (κ2) is 6.72. The van der Waals surface area contributed by atoms with Crippen LogP contribution in [0.3, 0.4) is 0 Å². The molecule has 0 aliphatic heterocycles. The highest BCUT2D eigenvalue weighted by Gasteiger charge is 2.32. The smallest absolute Gasteiger partial charge is 0.357 e. The first-order chi connectivity index (χ1) is 11.5. The molecule has 0 N–H and O–H groups in total. The largest absolute Gasteiger partial charge is 0.461 e. The quantitative estimate of drug-likeness (QED) is 0.791. The number of anilines is 1. The number of esters is 1. The van der Waals surface area contributed by atoms with Crippen LogP contribution in [-0.4, -0.2) is 40.3 Å². The number of fused-ring (bicyclic) bond motifs is 1. The third kappa shape index (κ3) is 3.06. The van der Waals surface area contributed by atoms with Crippen LogP contribution in [0.25, 0.3) is 0 Å². The van der Waals surface area contributed by atoms with Gasteiger partial charge in [0.2, 0.25) is 5.91 Å². The first-order valence-electron chi connectivity index (χ1n) is 7.94. The zero-order valence-corrected chi connectivity index (χ0v) is 14.8. The van der Waals surface area contributed by atoms with Crippen molar-refractivity contribution in [3.8, 4) is 0 Å². The summed E-state index contributed by atoms with van der Waals surface area (Å²) in [7, 11) is 3.57. The molecule has 2 heterocycles. The summed E-state index contributed by atoms with van der Waals surface area (Å²) in [5, 5.41) is 6.55. The predicted octanol–water partition coefficient (Wildman–Crippen LogP) is 2.14. The van der Waals surface area contributed by atoms with Crippen LogP contribution < -0.4 is 4.90 Å². The van der Waals surface area contributed by atoms with Gasteiger partial charge in [0.05, 0.1) is 18.2 Å². The Hall–Kier alpha value is -2.22. The number of likely N-dealkylation sites (N-methyl/N-ethyl adjacent to an activating group) is 1. The molecule has 1 amide bonds. The lowest BCUT2D eigenvalue weighted by Gasteiger charge is -2.24. The van der Waals surface area contributed by atoms with Crippen molar-refractivity contribution < 1.29 is 14.3 Å². The molecule has 0 saturated carbocycles. The van der Waals surface area contributed by atoms with Crippen LogP contribution in [0.15, 0.2) is 11.6 Å². The van der Waals surface area contributed by atoms with Gasteiger partial charge in [-0.2, -0.15) is 5.10 Å². The molecule has 0 fully saturated rings. The molecule has 2 aromatic rings. The maximum atomic E-state index is 12.9. The number of thiazole rings is 1. The first kappa shape index (κ1) is 16.6. The summed E-state index contributed by atoms with van der Waals surface area (Å²) in [4.78, 5) is 30.4.